The molecule has 0 bridgehead atoms. The van der Waals surface area contributed by atoms with E-state index in [-0.39, 0.29) is 5.41 Å². The Balaban J connectivity index is 2.12. The van der Waals surface area contributed by atoms with Crippen LogP contribution in [0.4, 0.5) is 5.69 Å². The van der Waals surface area contributed by atoms with Gasteiger partial charge in [-0.3, -0.25) is 0 Å². The lowest BCUT2D eigenvalue weighted by atomic mass is 9.94. The molecule has 0 N–H and O–H groups in total. The van der Waals surface area contributed by atoms with E-state index < -0.39 is 0 Å². The Morgan fingerprint density at radius 2 is 1.48 bits per heavy atom. The summed E-state index contributed by atoms with van der Waals surface area (Å²) in [6, 6.07) is 19.5. The summed E-state index contributed by atoms with van der Waals surface area (Å²) >= 11 is 2.00. The van der Waals surface area contributed by atoms with Gasteiger partial charge in [0.25, 0.3) is 0 Å². The number of nitrogens with zero attached hydrogens (tertiary/aromatic N) is 1. The number of allylic oxidation sites excluding steroid dienone is 1. The third kappa shape index (κ3) is 3.05. The van der Waals surface area contributed by atoms with Gasteiger partial charge in [0, 0.05) is 16.3 Å². The highest BCUT2D eigenvalue weighted by molar-refractivity contribution is 8.09. The Kier molecular flexibility index (Phi) is 4.29. The van der Waals surface area contributed by atoms with Crippen LogP contribution in [0.1, 0.15) is 38.8 Å². The van der Waals surface area contributed by atoms with E-state index in [9.17, 15) is 0 Å². The highest BCUT2D eigenvalue weighted by atomic mass is 32.2. The summed E-state index contributed by atoms with van der Waals surface area (Å²) in [6.45, 7) is 11.5. The van der Waals surface area contributed by atoms with Crippen LogP contribution in [0.5, 0.6) is 0 Å². The van der Waals surface area contributed by atoms with Crippen molar-refractivity contribution in [2.75, 3.05) is 4.90 Å². The van der Waals surface area contributed by atoms with Crippen molar-refractivity contribution in [3.05, 3.63) is 71.4 Å². The molecule has 1 aliphatic rings. The van der Waals surface area contributed by atoms with E-state index in [4.69, 9.17) is 0 Å². The molecule has 1 nitrogen and oxygen atoms in total. The number of thioether (sulfide) groups is 1. The summed E-state index contributed by atoms with van der Waals surface area (Å²) in [7, 11) is 0. The largest absolute Gasteiger partial charge is 0.331 e. The van der Waals surface area contributed by atoms with Crippen molar-refractivity contribution < 1.29 is 0 Å². The Labute approximate surface area is 144 Å². The second kappa shape index (κ2) is 6.09. The highest BCUT2D eigenvalue weighted by Gasteiger charge is 2.39. The fourth-order valence-electron chi connectivity index (χ4n) is 3.11. The minimum Gasteiger partial charge on any atom is -0.331 e. The first kappa shape index (κ1) is 16.2. The highest BCUT2D eigenvalue weighted by Crippen LogP contribution is 2.52. The van der Waals surface area contributed by atoms with Gasteiger partial charge < -0.3 is 4.90 Å². The van der Waals surface area contributed by atoms with Crippen molar-refractivity contribution in [1.82, 2.24) is 0 Å². The smallest absolute Gasteiger partial charge is 0.0891 e. The summed E-state index contributed by atoms with van der Waals surface area (Å²) in [4.78, 5) is 3.93. The van der Waals surface area contributed by atoms with Crippen LogP contribution in [0.15, 0.2) is 60.3 Å². The molecular formula is C21H25NS. The van der Waals surface area contributed by atoms with E-state index in [0.29, 0.717) is 5.37 Å². The first-order valence-electron chi connectivity index (χ1n) is 8.17. The maximum Gasteiger partial charge on any atom is 0.0891 e. The Bertz CT molecular complexity index is 725. The van der Waals surface area contributed by atoms with Gasteiger partial charge in [-0.15, -0.1) is 0 Å². The summed E-state index contributed by atoms with van der Waals surface area (Å²) in [6.07, 6.45) is 0. The SMILES string of the molecule is CC1=C(c2ccccc2)SC(C(C)(C)C)N1c1ccccc1C. The van der Waals surface area contributed by atoms with Gasteiger partial charge in [0.2, 0.25) is 0 Å². The maximum absolute atomic E-state index is 2.53. The van der Waals surface area contributed by atoms with Gasteiger partial charge in [0.15, 0.2) is 0 Å². The minimum atomic E-state index is 0.185. The van der Waals surface area contributed by atoms with Gasteiger partial charge in [-0.25, -0.2) is 0 Å². The zero-order valence-electron chi connectivity index (χ0n) is 14.6. The van der Waals surface area contributed by atoms with Crippen molar-refractivity contribution in [2.24, 2.45) is 5.41 Å². The van der Waals surface area contributed by atoms with Crippen LogP contribution in [0, 0.1) is 12.3 Å². The molecule has 0 spiro atoms. The topological polar surface area (TPSA) is 3.24 Å². The number of hydrogen-bond acceptors (Lipinski definition) is 2. The first-order valence-corrected chi connectivity index (χ1v) is 9.05. The van der Waals surface area contributed by atoms with Gasteiger partial charge in [0.1, 0.15) is 0 Å². The molecule has 120 valence electrons. The molecule has 2 heteroatoms. The van der Waals surface area contributed by atoms with E-state index in [1.165, 1.54) is 27.4 Å². The molecule has 0 saturated carbocycles. The van der Waals surface area contributed by atoms with E-state index in [1.807, 2.05) is 11.8 Å². The van der Waals surface area contributed by atoms with Gasteiger partial charge in [-0.1, -0.05) is 81.1 Å². The summed E-state index contributed by atoms with van der Waals surface area (Å²) in [5.74, 6) is 0. The monoisotopic (exact) mass is 323 g/mol. The Morgan fingerprint density at radius 1 is 0.870 bits per heavy atom. The van der Waals surface area contributed by atoms with Crippen molar-refractivity contribution >= 4 is 22.4 Å². The number of rotatable bonds is 2. The zero-order valence-corrected chi connectivity index (χ0v) is 15.4. The fraction of sp³-hybridized carbons (Fsp3) is 0.333. The van der Waals surface area contributed by atoms with Crippen molar-refractivity contribution in [1.29, 1.82) is 0 Å². The molecule has 0 aliphatic carbocycles. The average Bonchev–Trinajstić information content (AvgIpc) is 2.86. The molecule has 1 atom stereocenters. The average molecular weight is 324 g/mol. The van der Waals surface area contributed by atoms with Crippen molar-refractivity contribution in [2.45, 2.75) is 40.0 Å². The number of hydrogen-bond donors (Lipinski definition) is 0. The van der Waals surface area contributed by atoms with Gasteiger partial charge in [-0.2, -0.15) is 0 Å². The first-order chi connectivity index (χ1) is 10.9. The normalized spacial score (nSPS) is 18.7. The molecule has 0 aromatic heterocycles. The van der Waals surface area contributed by atoms with Crippen LogP contribution >= 0.6 is 11.8 Å². The second-order valence-electron chi connectivity index (χ2n) is 7.27. The Morgan fingerprint density at radius 3 is 2.09 bits per heavy atom. The van der Waals surface area contributed by atoms with Gasteiger partial charge in [-0.05, 0) is 36.5 Å². The maximum atomic E-state index is 2.53. The zero-order chi connectivity index (χ0) is 16.6. The molecule has 23 heavy (non-hydrogen) atoms. The van der Waals surface area contributed by atoms with Crippen LogP contribution in [-0.2, 0) is 0 Å². The molecule has 1 aliphatic heterocycles. The minimum absolute atomic E-state index is 0.185. The quantitative estimate of drug-likeness (QED) is 0.637. The van der Waals surface area contributed by atoms with Crippen LogP contribution in [0.2, 0.25) is 0 Å². The number of aryl methyl sites for hydroxylation is 1. The number of benzene rings is 2. The van der Waals surface area contributed by atoms with Crippen molar-refractivity contribution in [3.63, 3.8) is 0 Å². The molecule has 1 heterocycles. The standard InChI is InChI=1S/C21H25NS/c1-15-11-9-10-14-18(15)22-16(2)19(17-12-7-6-8-13-17)23-20(22)21(3,4)5/h6-14,20H,1-5H3. The molecule has 0 fully saturated rings. The van der Waals surface area contributed by atoms with Crippen LogP contribution < -0.4 is 4.90 Å². The molecule has 0 saturated heterocycles. The molecular weight excluding hydrogens is 298 g/mol. The second-order valence-corrected chi connectivity index (χ2v) is 8.36. The molecule has 0 amide bonds. The summed E-state index contributed by atoms with van der Waals surface area (Å²) in [5, 5.41) is 0.402. The predicted molar refractivity (Wildman–Crippen MR) is 104 cm³/mol. The fourth-order valence-corrected chi connectivity index (χ4v) is 4.60. The predicted octanol–water partition coefficient (Wildman–Crippen LogP) is 6.31. The molecule has 2 aromatic rings. The van der Waals surface area contributed by atoms with Crippen LogP contribution in [-0.4, -0.2) is 5.37 Å². The molecule has 0 radical (unpaired) electrons. The third-order valence-electron chi connectivity index (χ3n) is 4.31. The van der Waals surface area contributed by atoms with Crippen LogP contribution in [0.25, 0.3) is 4.91 Å². The molecule has 3 rings (SSSR count). The van der Waals surface area contributed by atoms with E-state index in [1.54, 1.807) is 0 Å². The number of anilines is 1. The molecule has 1 unspecified atom stereocenters. The third-order valence-corrected chi connectivity index (χ3v) is 6.21. The van der Waals surface area contributed by atoms with E-state index in [0.717, 1.165) is 0 Å². The summed E-state index contributed by atoms with van der Waals surface area (Å²) < 4.78 is 0. The lowest BCUT2D eigenvalue weighted by Gasteiger charge is -2.37. The van der Waals surface area contributed by atoms with Gasteiger partial charge in [0.05, 0.1) is 5.37 Å². The van der Waals surface area contributed by atoms with Crippen molar-refractivity contribution in [3.8, 4) is 0 Å². The molecule has 2 aromatic carbocycles. The van der Waals surface area contributed by atoms with Crippen LogP contribution in [0.3, 0.4) is 0 Å². The number of para-hydroxylation sites is 1. The van der Waals surface area contributed by atoms with Gasteiger partial charge >= 0.3 is 0 Å². The lowest BCUT2D eigenvalue weighted by molar-refractivity contribution is 0.395. The van der Waals surface area contributed by atoms with E-state index >= 15 is 0 Å². The lowest BCUT2D eigenvalue weighted by Crippen LogP contribution is -2.38. The van der Waals surface area contributed by atoms with E-state index in [2.05, 4.69) is 94.1 Å². The Hall–Kier alpha value is -1.67. The summed E-state index contributed by atoms with van der Waals surface area (Å²) in [5.41, 5.74) is 5.51.